The standard InChI is InChI=1S/C12H25NO2/c1-4-7-8-9-11(10-12(14)15)13(5-2)6-3/h11H,4-10H2,1-3H3,(H,14,15). The monoisotopic (exact) mass is 215 g/mol. The van der Waals surface area contributed by atoms with Crippen molar-refractivity contribution in [2.45, 2.75) is 58.9 Å². The van der Waals surface area contributed by atoms with Gasteiger partial charge in [-0.2, -0.15) is 0 Å². The molecule has 0 aromatic rings. The van der Waals surface area contributed by atoms with E-state index in [1.807, 2.05) is 0 Å². The predicted octanol–water partition coefficient (Wildman–Crippen LogP) is 2.75. The highest BCUT2D eigenvalue weighted by molar-refractivity contribution is 5.67. The van der Waals surface area contributed by atoms with E-state index in [1.54, 1.807) is 0 Å². The molecule has 15 heavy (non-hydrogen) atoms. The smallest absolute Gasteiger partial charge is 0.304 e. The maximum Gasteiger partial charge on any atom is 0.304 e. The zero-order chi connectivity index (χ0) is 11.7. The van der Waals surface area contributed by atoms with Crippen LogP contribution in [0.5, 0.6) is 0 Å². The van der Waals surface area contributed by atoms with Crippen molar-refractivity contribution >= 4 is 5.97 Å². The summed E-state index contributed by atoms with van der Waals surface area (Å²) in [6.45, 7) is 8.25. The number of rotatable bonds is 9. The number of aliphatic carboxylic acids is 1. The number of nitrogens with zero attached hydrogens (tertiary/aromatic N) is 1. The molecule has 90 valence electrons. The summed E-state index contributed by atoms with van der Waals surface area (Å²) in [7, 11) is 0. The Morgan fingerprint density at radius 1 is 1.20 bits per heavy atom. The summed E-state index contributed by atoms with van der Waals surface area (Å²) in [6, 6.07) is 0.226. The molecule has 1 N–H and O–H groups in total. The molecule has 0 spiro atoms. The Balaban J connectivity index is 4.09. The summed E-state index contributed by atoms with van der Waals surface area (Å²) < 4.78 is 0. The van der Waals surface area contributed by atoms with Crippen molar-refractivity contribution in [1.82, 2.24) is 4.90 Å². The van der Waals surface area contributed by atoms with Crippen LogP contribution in [0.1, 0.15) is 52.9 Å². The summed E-state index contributed by atoms with van der Waals surface area (Å²) in [5, 5.41) is 8.85. The number of unbranched alkanes of at least 4 members (excludes halogenated alkanes) is 2. The zero-order valence-corrected chi connectivity index (χ0v) is 10.3. The molecule has 3 heteroatoms. The molecule has 0 saturated carbocycles. The fourth-order valence-corrected chi connectivity index (χ4v) is 1.99. The third-order valence-corrected chi connectivity index (χ3v) is 2.88. The van der Waals surface area contributed by atoms with Gasteiger partial charge in [0.05, 0.1) is 6.42 Å². The van der Waals surface area contributed by atoms with Crippen molar-refractivity contribution in [3.63, 3.8) is 0 Å². The molecule has 1 unspecified atom stereocenters. The minimum Gasteiger partial charge on any atom is -0.481 e. The van der Waals surface area contributed by atoms with E-state index in [0.29, 0.717) is 0 Å². The van der Waals surface area contributed by atoms with Gasteiger partial charge in [0.25, 0.3) is 0 Å². The second-order valence-corrected chi connectivity index (χ2v) is 3.97. The van der Waals surface area contributed by atoms with E-state index in [-0.39, 0.29) is 12.5 Å². The number of carboxylic acid groups (broad SMARTS) is 1. The van der Waals surface area contributed by atoms with Gasteiger partial charge in [-0.15, -0.1) is 0 Å². The van der Waals surface area contributed by atoms with Crippen LogP contribution in [-0.4, -0.2) is 35.1 Å². The van der Waals surface area contributed by atoms with Crippen LogP contribution in [0.2, 0.25) is 0 Å². The summed E-state index contributed by atoms with van der Waals surface area (Å²) in [5.74, 6) is -0.677. The SMILES string of the molecule is CCCCCC(CC(=O)O)N(CC)CC. The van der Waals surface area contributed by atoms with Gasteiger partial charge in [0, 0.05) is 6.04 Å². The van der Waals surface area contributed by atoms with E-state index in [2.05, 4.69) is 25.7 Å². The van der Waals surface area contributed by atoms with Crippen LogP contribution in [0.25, 0.3) is 0 Å². The van der Waals surface area contributed by atoms with Crippen LogP contribution in [0, 0.1) is 0 Å². The van der Waals surface area contributed by atoms with Crippen molar-refractivity contribution < 1.29 is 9.90 Å². The number of carboxylic acids is 1. The topological polar surface area (TPSA) is 40.5 Å². The highest BCUT2D eigenvalue weighted by Gasteiger charge is 2.18. The maximum absolute atomic E-state index is 10.8. The molecule has 0 saturated heterocycles. The quantitative estimate of drug-likeness (QED) is 0.601. The number of hydrogen-bond acceptors (Lipinski definition) is 2. The molecule has 0 fully saturated rings. The van der Waals surface area contributed by atoms with Crippen LogP contribution >= 0.6 is 0 Å². The first-order valence-corrected chi connectivity index (χ1v) is 6.11. The van der Waals surface area contributed by atoms with E-state index in [1.165, 1.54) is 12.8 Å². The van der Waals surface area contributed by atoms with Crippen molar-refractivity contribution in [3.05, 3.63) is 0 Å². The first-order valence-electron chi connectivity index (χ1n) is 6.11. The first kappa shape index (κ1) is 14.4. The van der Waals surface area contributed by atoms with Crippen LogP contribution in [0.4, 0.5) is 0 Å². The molecule has 0 aliphatic carbocycles. The third kappa shape index (κ3) is 6.50. The molecular formula is C12H25NO2. The maximum atomic E-state index is 10.8. The van der Waals surface area contributed by atoms with Crippen molar-refractivity contribution in [1.29, 1.82) is 0 Å². The Hall–Kier alpha value is -0.570. The van der Waals surface area contributed by atoms with Crippen LogP contribution < -0.4 is 0 Å². The largest absolute Gasteiger partial charge is 0.481 e. The van der Waals surface area contributed by atoms with Crippen LogP contribution in [0.3, 0.4) is 0 Å². The first-order chi connectivity index (χ1) is 7.15. The van der Waals surface area contributed by atoms with E-state index in [4.69, 9.17) is 5.11 Å². The lowest BCUT2D eigenvalue weighted by Crippen LogP contribution is -2.36. The second kappa shape index (κ2) is 8.72. The summed E-state index contributed by atoms with van der Waals surface area (Å²) in [6.07, 6.45) is 4.84. The molecule has 0 aromatic carbocycles. The summed E-state index contributed by atoms with van der Waals surface area (Å²) >= 11 is 0. The molecule has 0 aliphatic heterocycles. The minimum atomic E-state index is -0.677. The van der Waals surface area contributed by atoms with Gasteiger partial charge in [-0.1, -0.05) is 40.0 Å². The lowest BCUT2D eigenvalue weighted by molar-refractivity contribution is -0.138. The number of carbonyl (C=O) groups is 1. The van der Waals surface area contributed by atoms with Crippen molar-refractivity contribution in [2.75, 3.05) is 13.1 Å². The Kier molecular flexibility index (Phi) is 8.38. The normalized spacial score (nSPS) is 13.1. The minimum absolute atomic E-state index is 0.226. The zero-order valence-electron chi connectivity index (χ0n) is 10.3. The second-order valence-electron chi connectivity index (χ2n) is 3.97. The fraction of sp³-hybridized carbons (Fsp3) is 0.917. The fourth-order valence-electron chi connectivity index (χ4n) is 1.99. The lowest BCUT2D eigenvalue weighted by Gasteiger charge is -2.28. The average Bonchev–Trinajstić information content (AvgIpc) is 2.19. The Morgan fingerprint density at radius 3 is 2.20 bits per heavy atom. The third-order valence-electron chi connectivity index (χ3n) is 2.88. The highest BCUT2D eigenvalue weighted by atomic mass is 16.4. The van der Waals surface area contributed by atoms with Crippen molar-refractivity contribution in [3.8, 4) is 0 Å². The molecule has 0 rings (SSSR count). The molecule has 0 aliphatic rings. The van der Waals surface area contributed by atoms with Gasteiger partial charge in [0.15, 0.2) is 0 Å². The van der Waals surface area contributed by atoms with Gasteiger partial charge >= 0.3 is 5.97 Å². The van der Waals surface area contributed by atoms with E-state index in [0.717, 1.165) is 25.9 Å². The molecular weight excluding hydrogens is 190 g/mol. The van der Waals surface area contributed by atoms with E-state index < -0.39 is 5.97 Å². The molecule has 0 aromatic heterocycles. The molecule has 3 nitrogen and oxygen atoms in total. The molecule has 0 heterocycles. The summed E-state index contributed by atoms with van der Waals surface area (Å²) in [5.41, 5.74) is 0. The summed E-state index contributed by atoms with van der Waals surface area (Å²) in [4.78, 5) is 13.0. The lowest BCUT2D eigenvalue weighted by atomic mass is 10.0. The highest BCUT2D eigenvalue weighted by Crippen LogP contribution is 2.13. The van der Waals surface area contributed by atoms with E-state index >= 15 is 0 Å². The average molecular weight is 215 g/mol. The van der Waals surface area contributed by atoms with Gasteiger partial charge in [0.1, 0.15) is 0 Å². The number of hydrogen-bond donors (Lipinski definition) is 1. The van der Waals surface area contributed by atoms with Gasteiger partial charge in [-0.05, 0) is 19.5 Å². The van der Waals surface area contributed by atoms with Gasteiger partial charge in [-0.3, -0.25) is 4.79 Å². The molecule has 0 bridgehead atoms. The van der Waals surface area contributed by atoms with Crippen LogP contribution in [0.15, 0.2) is 0 Å². The van der Waals surface area contributed by atoms with Crippen molar-refractivity contribution in [2.24, 2.45) is 0 Å². The molecule has 0 amide bonds. The Bertz CT molecular complexity index is 167. The van der Waals surface area contributed by atoms with Gasteiger partial charge in [-0.25, -0.2) is 0 Å². The van der Waals surface area contributed by atoms with Crippen LogP contribution in [-0.2, 0) is 4.79 Å². The Labute approximate surface area is 93.5 Å². The Morgan fingerprint density at radius 2 is 1.80 bits per heavy atom. The molecule has 0 radical (unpaired) electrons. The van der Waals surface area contributed by atoms with E-state index in [9.17, 15) is 4.79 Å². The van der Waals surface area contributed by atoms with Gasteiger partial charge < -0.3 is 10.0 Å². The molecule has 1 atom stereocenters. The predicted molar refractivity (Wildman–Crippen MR) is 63.1 cm³/mol. The van der Waals surface area contributed by atoms with Gasteiger partial charge in [0.2, 0.25) is 0 Å².